The summed E-state index contributed by atoms with van der Waals surface area (Å²) < 4.78 is 28.3. The lowest BCUT2D eigenvalue weighted by molar-refractivity contribution is 0.101. The van der Waals surface area contributed by atoms with Crippen LogP contribution >= 0.6 is 0 Å². The molecular formula is C17H15F2N3. The number of para-hydroxylation sites is 2. The Labute approximate surface area is 126 Å². The predicted octanol–water partition coefficient (Wildman–Crippen LogP) is 3.37. The second-order valence-corrected chi connectivity index (χ2v) is 5.74. The first kappa shape index (κ1) is 13.4. The van der Waals surface area contributed by atoms with Crippen LogP contribution in [0.4, 0.5) is 8.78 Å². The van der Waals surface area contributed by atoms with Gasteiger partial charge in [0, 0.05) is 19.6 Å². The predicted molar refractivity (Wildman–Crippen MR) is 80.4 cm³/mol. The maximum Gasteiger partial charge on any atom is 0.159 e. The van der Waals surface area contributed by atoms with Crippen LogP contribution in [-0.2, 0) is 6.54 Å². The molecule has 5 heteroatoms. The molecule has 0 N–H and O–H groups in total. The van der Waals surface area contributed by atoms with Gasteiger partial charge in [0.25, 0.3) is 0 Å². The summed E-state index contributed by atoms with van der Waals surface area (Å²) in [5, 5.41) is 0. The van der Waals surface area contributed by atoms with Crippen molar-refractivity contribution in [3.05, 3.63) is 66.0 Å². The number of nitrogens with zero attached hydrogens (tertiary/aromatic N) is 3. The Hall–Kier alpha value is -2.27. The van der Waals surface area contributed by atoms with Crippen LogP contribution in [0.3, 0.4) is 0 Å². The Balaban J connectivity index is 1.44. The highest BCUT2D eigenvalue weighted by Gasteiger charge is 2.28. The standard InChI is InChI=1S/C17H15F2N3/c18-14-6-5-12(7-15(14)19)8-21-9-13(10-21)22-11-20-16-3-1-2-4-17(16)22/h1-7,11,13H,8-10H2. The number of rotatable bonds is 3. The molecule has 0 radical (unpaired) electrons. The van der Waals surface area contributed by atoms with Crippen LogP contribution in [0.5, 0.6) is 0 Å². The molecule has 1 saturated heterocycles. The van der Waals surface area contributed by atoms with Crippen LogP contribution in [0.1, 0.15) is 11.6 Å². The molecule has 2 heterocycles. The second kappa shape index (κ2) is 5.18. The quantitative estimate of drug-likeness (QED) is 0.739. The minimum atomic E-state index is -0.796. The third kappa shape index (κ3) is 2.27. The summed E-state index contributed by atoms with van der Waals surface area (Å²) in [7, 11) is 0. The Morgan fingerprint density at radius 2 is 1.86 bits per heavy atom. The summed E-state index contributed by atoms with van der Waals surface area (Å²) in [4.78, 5) is 6.62. The molecular weight excluding hydrogens is 284 g/mol. The van der Waals surface area contributed by atoms with E-state index in [2.05, 4.69) is 20.5 Å². The van der Waals surface area contributed by atoms with Gasteiger partial charge in [-0.2, -0.15) is 0 Å². The van der Waals surface area contributed by atoms with Crippen molar-refractivity contribution in [2.45, 2.75) is 12.6 Å². The van der Waals surface area contributed by atoms with Gasteiger partial charge in [0.2, 0.25) is 0 Å². The molecule has 112 valence electrons. The van der Waals surface area contributed by atoms with Crippen LogP contribution < -0.4 is 0 Å². The molecule has 3 nitrogen and oxygen atoms in total. The topological polar surface area (TPSA) is 21.1 Å². The molecule has 3 aromatic rings. The Kier molecular flexibility index (Phi) is 3.15. The zero-order valence-electron chi connectivity index (χ0n) is 11.9. The number of imidazole rings is 1. The molecule has 4 rings (SSSR count). The maximum absolute atomic E-state index is 13.2. The summed E-state index contributed by atoms with van der Waals surface area (Å²) >= 11 is 0. The number of halogens is 2. The van der Waals surface area contributed by atoms with E-state index in [1.54, 1.807) is 6.07 Å². The van der Waals surface area contributed by atoms with E-state index in [1.807, 2.05) is 24.5 Å². The SMILES string of the molecule is Fc1ccc(CN2CC(n3cnc4ccccc43)C2)cc1F. The highest BCUT2D eigenvalue weighted by molar-refractivity contribution is 5.75. The highest BCUT2D eigenvalue weighted by Crippen LogP contribution is 2.27. The van der Waals surface area contributed by atoms with E-state index in [1.165, 1.54) is 12.1 Å². The Morgan fingerprint density at radius 1 is 1.05 bits per heavy atom. The Bertz CT molecular complexity index is 822. The summed E-state index contributed by atoms with van der Waals surface area (Å²) in [6.45, 7) is 2.42. The summed E-state index contributed by atoms with van der Waals surface area (Å²) in [5.74, 6) is -1.58. The normalized spacial score (nSPS) is 16.1. The van der Waals surface area contributed by atoms with E-state index < -0.39 is 11.6 Å². The molecule has 0 saturated carbocycles. The van der Waals surface area contributed by atoms with Crippen LogP contribution in [0.15, 0.2) is 48.8 Å². The van der Waals surface area contributed by atoms with Crippen molar-refractivity contribution in [3.63, 3.8) is 0 Å². The summed E-state index contributed by atoms with van der Waals surface area (Å²) in [6.07, 6.45) is 1.88. The molecule has 22 heavy (non-hydrogen) atoms. The molecule has 0 bridgehead atoms. The van der Waals surface area contributed by atoms with E-state index in [0.717, 1.165) is 29.7 Å². The summed E-state index contributed by atoms with van der Waals surface area (Å²) in [5.41, 5.74) is 2.94. The first-order valence-corrected chi connectivity index (χ1v) is 7.28. The van der Waals surface area contributed by atoms with E-state index in [0.29, 0.717) is 12.6 Å². The summed E-state index contributed by atoms with van der Waals surface area (Å²) in [6, 6.07) is 12.6. The van der Waals surface area contributed by atoms with E-state index >= 15 is 0 Å². The first-order valence-electron chi connectivity index (χ1n) is 7.28. The monoisotopic (exact) mass is 299 g/mol. The number of hydrogen-bond donors (Lipinski definition) is 0. The lowest BCUT2D eigenvalue weighted by Crippen LogP contribution is -2.46. The third-order valence-corrected chi connectivity index (χ3v) is 4.20. The first-order chi connectivity index (χ1) is 10.7. The van der Waals surface area contributed by atoms with Gasteiger partial charge < -0.3 is 4.57 Å². The van der Waals surface area contributed by atoms with Crippen LogP contribution in [0.25, 0.3) is 11.0 Å². The molecule has 0 atom stereocenters. The number of aromatic nitrogens is 2. The molecule has 0 spiro atoms. The van der Waals surface area contributed by atoms with Gasteiger partial charge >= 0.3 is 0 Å². The molecule has 1 aliphatic heterocycles. The fourth-order valence-electron chi connectivity index (χ4n) is 3.01. The van der Waals surface area contributed by atoms with Gasteiger partial charge in [0.05, 0.1) is 23.4 Å². The van der Waals surface area contributed by atoms with Gasteiger partial charge in [-0.3, -0.25) is 4.90 Å². The number of hydrogen-bond acceptors (Lipinski definition) is 2. The maximum atomic E-state index is 13.2. The number of fused-ring (bicyclic) bond motifs is 1. The minimum Gasteiger partial charge on any atom is -0.325 e. The number of benzene rings is 2. The highest BCUT2D eigenvalue weighted by atomic mass is 19.2. The van der Waals surface area contributed by atoms with Gasteiger partial charge in [-0.05, 0) is 29.8 Å². The fraction of sp³-hybridized carbons (Fsp3) is 0.235. The average Bonchev–Trinajstić information content (AvgIpc) is 2.90. The van der Waals surface area contributed by atoms with E-state index in [4.69, 9.17) is 0 Å². The molecule has 0 aliphatic carbocycles. The molecule has 0 amide bonds. The van der Waals surface area contributed by atoms with E-state index in [-0.39, 0.29) is 0 Å². The van der Waals surface area contributed by atoms with Crippen molar-refractivity contribution < 1.29 is 8.78 Å². The largest absolute Gasteiger partial charge is 0.325 e. The lowest BCUT2D eigenvalue weighted by Gasteiger charge is -2.40. The molecule has 1 fully saturated rings. The molecule has 2 aromatic carbocycles. The van der Waals surface area contributed by atoms with Crippen LogP contribution in [-0.4, -0.2) is 27.5 Å². The van der Waals surface area contributed by atoms with Gasteiger partial charge in [0.1, 0.15) is 0 Å². The van der Waals surface area contributed by atoms with Crippen molar-refractivity contribution >= 4 is 11.0 Å². The Morgan fingerprint density at radius 3 is 2.68 bits per heavy atom. The fourth-order valence-corrected chi connectivity index (χ4v) is 3.01. The van der Waals surface area contributed by atoms with Gasteiger partial charge in [-0.25, -0.2) is 13.8 Å². The van der Waals surface area contributed by atoms with Gasteiger partial charge in [-0.1, -0.05) is 18.2 Å². The van der Waals surface area contributed by atoms with Crippen molar-refractivity contribution in [3.8, 4) is 0 Å². The number of likely N-dealkylation sites (tertiary alicyclic amines) is 1. The second-order valence-electron chi connectivity index (χ2n) is 5.74. The van der Waals surface area contributed by atoms with Gasteiger partial charge in [-0.15, -0.1) is 0 Å². The van der Waals surface area contributed by atoms with Crippen LogP contribution in [0.2, 0.25) is 0 Å². The smallest absolute Gasteiger partial charge is 0.159 e. The lowest BCUT2D eigenvalue weighted by atomic mass is 10.1. The van der Waals surface area contributed by atoms with Crippen molar-refractivity contribution in [1.82, 2.24) is 14.5 Å². The van der Waals surface area contributed by atoms with E-state index in [9.17, 15) is 8.78 Å². The molecule has 1 aromatic heterocycles. The average molecular weight is 299 g/mol. The third-order valence-electron chi connectivity index (χ3n) is 4.20. The zero-order valence-corrected chi connectivity index (χ0v) is 11.9. The molecule has 1 aliphatic rings. The zero-order chi connectivity index (χ0) is 15.1. The van der Waals surface area contributed by atoms with Crippen molar-refractivity contribution in [2.75, 3.05) is 13.1 Å². The minimum absolute atomic E-state index is 0.387. The molecule has 0 unspecified atom stereocenters. The van der Waals surface area contributed by atoms with Gasteiger partial charge in [0.15, 0.2) is 11.6 Å². The van der Waals surface area contributed by atoms with Crippen molar-refractivity contribution in [2.24, 2.45) is 0 Å². The van der Waals surface area contributed by atoms with Crippen LogP contribution in [0, 0.1) is 11.6 Å². The van der Waals surface area contributed by atoms with Crippen molar-refractivity contribution in [1.29, 1.82) is 0 Å².